The van der Waals surface area contributed by atoms with E-state index in [4.69, 9.17) is 0 Å². The fourth-order valence-corrected chi connectivity index (χ4v) is 1.33. The molecule has 0 fully saturated rings. The van der Waals surface area contributed by atoms with Crippen LogP contribution in [0.1, 0.15) is 5.69 Å². The summed E-state index contributed by atoms with van der Waals surface area (Å²) in [5.74, 6) is -1.10. The van der Waals surface area contributed by atoms with E-state index in [1.54, 1.807) is 6.07 Å². The van der Waals surface area contributed by atoms with Crippen molar-refractivity contribution < 1.29 is 15.0 Å². The number of phenols is 1. The summed E-state index contributed by atoms with van der Waals surface area (Å²) in [4.78, 5) is 10.4. The summed E-state index contributed by atoms with van der Waals surface area (Å²) in [6.07, 6.45) is -0.236. The first-order valence-corrected chi connectivity index (χ1v) is 4.02. The predicted molar refractivity (Wildman–Crippen MR) is 46.5 cm³/mol. The number of nitrogens with zero attached hydrogens (tertiary/aromatic N) is 1. The topological polar surface area (TPSA) is 89.0 Å². The van der Waals surface area contributed by atoms with Crippen molar-refractivity contribution in [3.05, 3.63) is 23.9 Å². The van der Waals surface area contributed by atoms with Gasteiger partial charge in [0, 0.05) is 23.5 Å². The summed E-state index contributed by atoms with van der Waals surface area (Å²) < 4.78 is 0. The smallest absolute Gasteiger partial charge is 0.116 e. The number of rotatable bonds is 2. The van der Waals surface area contributed by atoms with Crippen molar-refractivity contribution in [3.63, 3.8) is 0 Å². The Kier molecular flexibility index (Phi) is 1.85. The lowest BCUT2D eigenvalue weighted by molar-refractivity contribution is -0.304. The summed E-state index contributed by atoms with van der Waals surface area (Å²) in [7, 11) is 0. The van der Waals surface area contributed by atoms with E-state index in [0.717, 1.165) is 0 Å². The van der Waals surface area contributed by atoms with E-state index in [-0.39, 0.29) is 12.2 Å². The van der Waals surface area contributed by atoms with Gasteiger partial charge in [-0.05, 0) is 18.2 Å². The Morgan fingerprint density at radius 1 is 1.57 bits per heavy atom. The van der Waals surface area contributed by atoms with Crippen molar-refractivity contribution in [1.29, 1.82) is 0 Å². The lowest BCUT2D eigenvalue weighted by Crippen LogP contribution is -2.24. The van der Waals surface area contributed by atoms with Crippen molar-refractivity contribution in [2.24, 2.45) is 0 Å². The first-order chi connectivity index (χ1) is 6.66. The molecule has 0 saturated heterocycles. The first kappa shape index (κ1) is 8.55. The van der Waals surface area contributed by atoms with Crippen LogP contribution in [0.5, 0.6) is 5.75 Å². The third kappa shape index (κ3) is 1.39. The van der Waals surface area contributed by atoms with Crippen LogP contribution in [0, 0.1) is 0 Å². The van der Waals surface area contributed by atoms with Crippen molar-refractivity contribution in [2.45, 2.75) is 6.42 Å². The zero-order chi connectivity index (χ0) is 10.1. The Balaban J connectivity index is 2.55. The second-order valence-electron chi connectivity index (χ2n) is 2.95. The van der Waals surface area contributed by atoms with Crippen molar-refractivity contribution in [3.8, 4) is 5.75 Å². The van der Waals surface area contributed by atoms with Crippen LogP contribution in [0.25, 0.3) is 10.9 Å². The highest BCUT2D eigenvalue weighted by molar-refractivity contribution is 5.85. The highest BCUT2D eigenvalue weighted by atomic mass is 16.4. The second kappa shape index (κ2) is 3.02. The molecule has 5 heteroatoms. The number of hydrogen-bond donors (Lipinski definition) is 2. The number of fused-ring (bicyclic) bond motifs is 1. The van der Waals surface area contributed by atoms with E-state index in [1.165, 1.54) is 12.1 Å². The van der Waals surface area contributed by atoms with Gasteiger partial charge in [0.1, 0.15) is 5.75 Å². The SMILES string of the molecule is O=C([O-])Cc1[nH]nc2ccc(O)cc12. The van der Waals surface area contributed by atoms with Gasteiger partial charge in [0.05, 0.1) is 5.52 Å². The number of benzene rings is 1. The number of hydrogen-bond acceptors (Lipinski definition) is 4. The number of aromatic amines is 1. The number of aromatic hydroxyl groups is 1. The lowest BCUT2D eigenvalue weighted by Gasteiger charge is -1.99. The Bertz CT molecular complexity index is 490. The predicted octanol–water partition coefficient (Wildman–Crippen LogP) is -0.439. The van der Waals surface area contributed by atoms with Gasteiger partial charge in [-0.3, -0.25) is 5.10 Å². The number of carboxylic acids is 1. The maximum Gasteiger partial charge on any atom is 0.116 e. The normalized spacial score (nSPS) is 10.6. The molecule has 0 amide bonds. The fourth-order valence-electron chi connectivity index (χ4n) is 1.33. The summed E-state index contributed by atoms with van der Waals surface area (Å²) >= 11 is 0. The summed E-state index contributed by atoms with van der Waals surface area (Å²) in [6, 6.07) is 4.57. The molecule has 0 aliphatic heterocycles. The molecule has 0 aliphatic rings. The lowest BCUT2D eigenvalue weighted by atomic mass is 10.1. The molecular formula is C9H7N2O3-. The third-order valence-electron chi connectivity index (χ3n) is 1.94. The number of aromatic nitrogens is 2. The summed E-state index contributed by atoms with van der Waals surface area (Å²) in [6.45, 7) is 0. The van der Waals surface area contributed by atoms with E-state index in [9.17, 15) is 15.0 Å². The van der Waals surface area contributed by atoms with Gasteiger partial charge in [-0.25, -0.2) is 0 Å². The molecule has 2 N–H and O–H groups in total. The molecule has 72 valence electrons. The van der Waals surface area contributed by atoms with Crippen molar-refractivity contribution in [2.75, 3.05) is 0 Å². The van der Waals surface area contributed by atoms with E-state index >= 15 is 0 Å². The Morgan fingerprint density at radius 2 is 2.36 bits per heavy atom. The van der Waals surface area contributed by atoms with Crippen LogP contribution in [0.15, 0.2) is 18.2 Å². The van der Waals surface area contributed by atoms with Gasteiger partial charge in [-0.1, -0.05) is 0 Å². The van der Waals surface area contributed by atoms with E-state index in [0.29, 0.717) is 16.6 Å². The zero-order valence-corrected chi connectivity index (χ0v) is 7.15. The highest BCUT2D eigenvalue weighted by Gasteiger charge is 2.05. The molecule has 5 nitrogen and oxygen atoms in total. The van der Waals surface area contributed by atoms with Gasteiger partial charge in [-0.15, -0.1) is 0 Å². The minimum atomic E-state index is -1.18. The van der Waals surface area contributed by atoms with Crippen LogP contribution in [-0.4, -0.2) is 21.3 Å². The van der Waals surface area contributed by atoms with Gasteiger partial charge in [0.25, 0.3) is 0 Å². The maximum atomic E-state index is 10.4. The minimum Gasteiger partial charge on any atom is -0.550 e. The number of H-pyrrole nitrogens is 1. The minimum absolute atomic E-state index is 0.0819. The van der Waals surface area contributed by atoms with Crippen LogP contribution in [0.2, 0.25) is 0 Å². The summed E-state index contributed by atoms with van der Waals surface area (Å²) in [5, 5.41) is 26.7. The van der Waals surface area contributed by atoms with Crippen LogP contribution >= 0.6 is 0 Å². The van der Waals surface area contributed by atoms with Crippen LogP contribution in [-0.2, 0) is 11.2 Å². The monoisotopic (exact) mass is 191 g/mol. The molecule has 0 bridgehead atoms. The number of carbonyl (C=O) groups is 1. The average Bonchev–Trinajstić information content (AvgIpc) is 2.47. The number of nitrogens with one attached hydrogen (secondary N) is 1. The van der Waals surface area contributed by atoms with Gasteiger partial charge >= 0.3 is 0 Å². The third-order valence-corrected chi connectivity index (χ3v) is 1.94. The van der Waals surface area contributed by atoms with Gasteiger partial charge < -0.3 is 15.0 Å². The van der Waals surface area contributed by atoms with E-state index in [2.05, 4.69) is 10.2 Å². The number of carbonyl (C=O) groups excluding carboxylic acids is 1. The molecule has 1 aromatic carbocycles. The average molecular weight is 191 g/mol. The van der Waals surface area contributed by atoms with Gasteiger partial charge in [-0.2, -0.15) is 5.10 Å². The Morgan fingerprint density at radius 3 is 3.07 bits per heavy atom. The van der Waals surface area contributed by atoms with Gasteiger partial charge in [0.15, 0.2) is 0 Å². The fraction of sp³-hybridized carbons (Fsp3) is 0.111. The number of carboxylic acid groups (broad SMARTS) is 1. The molecule has 1 heterocycles. The molecule has 2 aromatic rings. The number of phenolic OH excluding ortho intramolecular Hbond substituents is 1. The highest BCUT2D eigenvalue weighted by Crippen LogP contribution is 2.21. The molecule has 0 atom stereocenters. The first-order valence-electron chi connectivity index (χ1n) is 4.02. The second-order valence-corrected chi connectivity index (χ2v) is 2.95. The molecule has 0 spiro atoms. The molecule has 0 saturated carbocycles. The molecule has 0 unspecified atom stereocenters. The molecule has 1 aromatic heterocycles. The van der Waals surface area contributed by atoms with Crippen LogP contribution in [0.4, 0.5) is 0 Å². The molecule has 0 radical (unpaired) electrons. The Labute approximate surface area is 79.0 Å². The van der Waals surface area contributed by atoms with Gasteiger partial charge in [0.2, 0.25) is 0 Å². The number of aliphatic carboxylic acids is 1. The molecule has 0 aliphatic carbocycles. The van der Waals surface area contributed by atoms with Crippen LogP contribution in [0.3, 0.4) is 0 Å². The molecule has 2 rings (SSSR count). The summed E-state index contributed by atoms with van der Waals surface area (Å²) in [5.41, 5.74) is 1.06. The Hall–Kier alpha value is -2.04. The van der Waals surface area contributed by atoms with E-state index < -0.39 is 5.97 Å². The van der Waals surface area contributed by atoms with Crippen LogP contribution < -0.4 is 5.11 Å². The molecule has 14 heavy (non-hydrogen) atoms. The zero-order valence-electron chi connectivity index (χ0n) is 7.15. The maximum absolute atomic E-state index is 10.4. The van der Waals surface area contributed by atoms with Crippen molar-refractivity contribution >= 4 is 16.9 Å². The molecular weight excluding hydrogens is 184 g/mol. The quantitative estimate of drug-likeness (QED) is 0.673. The standard InChI is InChI=1S/C9H8N2O3/c12-5-1-2-7-6(3-5)8(11-10-7)4-9(13)14/h1-3,12H,4H2,(H,10,11)(H,13,14)/p-1. The largest absolute Gasteiger partial charge is 0.550 e. The van der Waals surface area contributed by atoms with E-state index in [1.807, 2.05) is 0 Å². The van der Waals surface area contributed by atoms with Crippen molar-refractivity contribution in [1.82, 2.24) is 10.2 Å².